The van der Waals surface area contributed by atoms with Crippen molar-refractivity contribution in [2.75, 3.05) is 30.6 Å². The third kappa shape index (κ3) is 6.29. The first-order valence-corrected chi connectivity index (χ1v) is 10.9. The molecule has 0 bridgehead atoms. The van der Waals surface area contributed by atoms with Crippen LogP contribution in [0.1, 0.15) is 24.2 Å². The fourth-order valence-electron chi connectivity index (χ4n) is 2.74. The van der Waals surface area contributed by atoms with Crippen molar-refractivity contribution in [3.63, 3.8) is 0 Å². The molecule has 2 rings (SSSR count). The van der Waals surface area contributed by atoms with Crippen molar-refractivity contribution in [1.29, 1.82) is 0 Å². The summed E-state index contributed by atoms with van der Waals surface area (Å²) >= 11 is 0. The summed E-state index contributed by atoms with van der Waals surface area (Å²) in [4.78, 5) is 35.9. The van der Waals surface area contributed by atoms with Crippen molar-refractivity contribution in [2.45, 2.75) is 19.1 Å². The molecule has 0 fully saturated rings. The number of carbonyl (C=O) groups is 3. The van der Waals surface area contributed by atoms with E-state index in [4.69, 9.17) is 9.47 Å². The Hall–Kier alpha value is -3.40. The number of hydrogen-bond acceptors (Lipinski definition) is 7. The van der Waals surface area contributed by atoms with Gasteiger partial charge < -0.3 is 20.1 Å². The maximum absolute atomic E-state index is 12.6. The summed E-state index contributed by atoms with van der Waals surface area (Å²) in [6, 6.07) is 10.4. The average molecular weight is 448 g/mol. The Morgan fingerprint density at radius 1 is 0.903 bits per heavy atom. The van der Waals surface area contributed by atoms with Crippen molar-refractivity contribution in [3.8, 4) is 11.5 Å². The number of ether oxygens (including phenoxy) is 2. The van der Waals surface area contributed by atoms with E-state index in [0.717, 1.165) is 0 Å². The van der Waals surface area contributed by atoms with Gasteiger partial charge in [0.05, 0.1) is 14.2 Å². The minimum absolute atomic E-state index is 0.158. The Kier molecular flexibility index (Phi) is 7.76. The number of nitrogens with one attached hydrogen (secondary N) is 2. The fraction of sp³-hybridized carbons (Fsp3) is 0.286. The molecule has 2 N–H and O–H groups in total. The zero-order valence-electron chi connectivity index (χ0n) is 17.6. The van der Waals surface area contributed by atoms with Gasteiger partial charge in [0, 0.05) is 29.9 Å². The normalized spacial score (nSPS) is 11.9. The number of carbonyl (C=O) groups excluding carboxylic acids is 3. The van der Waals surface area contributed by atoms with Crippen LogP contribution in [0, 0.1) is 0 Å². The number of anilines is 2. The fourth-order valence-corrected chi connectivity index (χ4v) is 3.89. The van der Waals surface area contributed by atoms with Crippen molar-refractivity contribution in [1.82, 2.24) is 0 Å². The molecule has 10 heteroatoms. The molecule has 0 radical (unpaired) electrons. The van der Waals surface area contributed by atoms with Gasteiger partial charge in [-0.05, 0) is 43.3 Å². The quantitative estimate of drug-likeness (QED) is 0.563. The van der Waals surface area contributed by atoms with Crippen LogP contribution in [0.2, 0.25) is 0 Å². The molecule has 0 aliphatic carbocycles. The largest absolute Gasteiger partial charge is 0.493 e. The monoisotopic (exact) mass is 448 g/mol. The number of benzene rings is 2. The molecule has 0 aliphatic heterocycles. The first-order chi connectivity index (χ1) is 14.6. The van der Waals surface area contributed by atoms with Gasteiger partial charge in [0.2, 0.25) is 11.8 Å². The van der Waals surface area contributed by atoms with Crippen molar-refractivity contribution in [2.24, 2.45) is 0 Å². The molecular weight excluding hydrogens is 424 g/mol. The summed E-state index contributed by atoms with van der Waals surface area (Å²) in [6.45, 7) is 2.59. The predicted octanol–water partition coefficient (Wildman–Crippen LogP) is 2.29. The number of ketones is 1. The molecule has 0 spiro atoms. The van der Waals surface area contributed by atoms with Crippen LogP contribution in [0.4, 0.5) is 11.4 Å². The van der Waals surface area contributed by atoms with E-state index in [0.29, 0.717) is 22.9 Å². The summed E-state index contributed by atoms with van der Waals surface area (Å²) < 4.78 is 35.5. The van der Waals surface area contributed by atoms with Crippen molar-refractivity contribution < 1.29 is 32.3 Å². The molecule has 0 aromatic heterocycles. The lowest BCUT2D eigenvalue weighted by Gasteiger charge is -2.14. The van der Waals surface area contributed by atoms with Crippen LogP contribution in [0.3, 0.4) is 0 Å². The summed E-state index contributed by atoms with van der Waals surface area (Å²) in [7, 11) is -1.17. The molecule has 1 unspecified atom stereocenters. The molecule has 9 nitrogen and oxygen atoms in total. The molecule has 2 amide bonds. The second-order valence-electron chi connectivity index (χ2n) is 6.69. The summed E-state index contributed by atoms with van der Waals surface area (Å²) in [5.74, 6) is -1.74. The summed E-state index contributed by atoms with van der Waals surface area (Å²) in [5.41, 5.74) is 0.963. The molecular formula is C21H24N2O7S. The van der Waals surface area contributed by atoms with E-state index in [2.05, 4.69) is 10.6 Å². The van der Waals surface area contributed by atoms with Crippen molar-refractivity contribution >= 4 is 38.8 Å². The average Bonchev–Trinajstić information content (AvgIpc) is 2.72. The summed E-state index contributed by atoms with van der Waals surface area (Å²) in [5, 5.41) is 3.61. The van der Waals surface area contributed by atoms with Gasteiger partial charge in [-0.2, -0.15) is 0 Å². The number of hydrogen-bond donors (Lipinski definition) is 2. The molecule has 0 saturated carbocycles. The zero-order chi connectivity index (χ0) is 23.2. The zero-order valence-corrected chi connectivity index (χ0v) is 18.4. The van der Waals surface area contributed by atoms with Crippen LogP contribution in [-0.4, -0.2) is 51.2 Å². The molecule has 0 saturated heterocycles. The topological polar surface area (TPSA) is 128 Å². The minimum Gasteiger partial charge on any atom is -0.493 e. The molecule has 0 heterocycles. The van der Waals surface area contributed by atoms with Crippen LogP contribution >= 0.6 is 0 Å². The van der Waals surface area contributed by atoms with Crippen LogP contribution in [-0.2, 0) is 19.4 Å². The van der Waals surface area contributed by atoms with Gasteiger partial charge >= 0.3 is 0 Å². The number of Topliss-reactive ketones (excluding diaryl/α,β-unsaturated/α-hetero) is 1. The molecule has 1 atom stereocenters. The van der Waals surface area contributed by atoms with E-state index in [-0.39, 0.29) is 11.5 Å². The van der Waals surface area contributed by atoms with Gasteiger partial charge in [-0.25, -0.2) is 8.42 Å². The lowest BCUT2D eigenvalue weighted by atomic mass is 10.1. The number of rotatable bonds is 9. The first-order valence-electron chi connectivity index (χ1n) is 9.22. The van der Waals surface area contributed by atoms with Crippen LogP contribution in [0.25, 0.3) is 0 Å². The highest BCUT2D eigenvalue weighted by atomic mass is 32.2. The van der Waals surface area contributed by atoms with Crippen molar-refractivity contribution in [3.05, 3.63) is 48.0 Å². The van der Waals surface area contributed by atoms with Crippen LogP contribution in [0.15, 0.2) is 42.5 Å². The molecule has 2 aromatic carbocycles. The number of sulfone groups is 1. The minimum atomic E-state index is -4.07. The molecule has 31 heavy (non-hydrogen) atoms. The Labute approximate surface area is 180 Å². The second-order valence-corrected chi connectivity index (χ2v) is 9.01. The van der Waals surface area contributed by atoms with E-state index in [1.54, 1.807) is 6.07 Å². The van der Waals surface area contributed by atoms with Crippen LogP contribution in [0.5, 0.6) is 11.5 Å². The number of amides is 2. The molecule has 0 aliphatic rings. The maximum atomic E-state index is 12.6. The lowest BCUT2D eigenvalue weighted by molar-refractivity contribution is -0.114. The van der Waals surface area contributed by atoms with E-state index < -0.39 is 32.5 Å². The lowest BCUT2D eigenvalue weighted by Crippen LogP contribution is -2.34. The Morgan fingerprint density at radius 2 is 1.48 bits per heavy atom. The standard InChI is InChI=1S/C21H24N2O7S/c1-13(21(26)15-5-7-16(8-6-15)22-14(2)24)31(27,28)12-20(25)23-17-9-10-18(29-3)19(11-17)30-4/h5-11,13H,12H2,1-4H3,(H,22,24)(H,23,25). The first kappa shape index (κ1) is 23.9. The molecule has 2 aromatic rings. The Balaban J connectivity index is 2.07. The highest BCUT2D eigenvalue weighted by molar-refractivity contribution is 7.93. The highest BCUT2D eigenvalue weighted by Gasteiger charge is 2.31. The Bertz CT molecular complexity index is 1080. The smallest absolute Gasteiger partial charge is 0.239 e. The van der Waals surface area contributed by atoms with Crippen LogP contribution < -0.4 is 20.1 Å². The van der Waals surface area contributed by atoms with E-state index >= 15 is 0 Å². The third-order valence-electron chi connectivity index (χ3n) is 4.40. The highest BCUT2D eigenvalue weighted by Crippen LogP contribution is 2.29. The predicted molar refractivity (Wildman–Crippen MR) is 117 cm³/mol. The van der Waals surface area contributed by atoms with E-state index in [1.165, 1.54) is 64.5 Å². The molecule has 166 valence electrons. The van der Waals surface area contributed by atoms with Gasteiger partial charge in [-0.15, -0.1) is 0 Å². The van der Waals surface area contributed by atoms with Gasteiger partial charge in [0.1, 0.15) is 11.0 Å². The van der Waals surface area contributed by atoms with E-state index in [1.807, 2.05) is 0 Å². The van der Waals surface area contributed by atoms with Gasteiger partial charge in [-0.1, -0.05) is 0 Å². The second kappa shape index (κ2) is 10.1. The summed E-state index contributed by atoms with van der Waals surface area (Å²) in [6.07, 6.45) is 0. The van der Waals surface area contributed by atoms with E-state index in [9.17, 15) is 22.8 Å². The number of methoxy groups -OCH3 is 2. The Morgan fingerprint density at radius 3 is 2.03 bits per heavy atom. The SMILES string of the molecule is COc1ccc(NC(=O)CS(=O)(=O)C(C)C(=O)c2ccc(NC(C)=O)cc2)cc1OC. The van der Waals surface area contributed by atoms with Gasteiger partial charge in [-0.3, -0.25) is 14.4 Å². The maximum Gasteiger partial charge on any atom is 0.239 e. The van der Waals surface area contributed by atoms with Gasteiger partial charge in [0.25, 0.3) is 0 Å². The third-order valence-corrected chi connectivity index (χ3v) is 6.35. The van der Waals surface area contributed by atoms with Gasteiger partial charge in [0.15, 0.2) is 27.1 Å².